The van der Waals surface area contributed by atoms with Crippen molar-refractivity contribution in [1.82, 2.24) is 0 Å². The van der Waals surface area contributed by atoms with Crippen LogP contribution >= 0.6 is 0 Å². The van der Waals surface area contributed by atoms with Crippen LogP contribution in [-0.2, 0) is 4.79 Å². The number of carbonyl (C=O) groups excluding carboxylic acids is 1. The summed E-state index contributed by atoms with van der Waals surface area (Å²) >= 11 is 0. The second kappa shape index (κ2) is 5.69. The molecule has 0 radical (unpaired) electrons. The lowest BCUT2D eigenvalue weighted by molar-refractivity contribution is -0.124. The average molecular weight is 331 g/mol. The maximum atomic E-state index is 12.3. The van der Waals surface area contributed by atoms with Gasteiger partial charge in [-0.05, 0) is 86.9 Å². The molecule has 2 heteroatoms. The molecule has 0 bridgehead atoms. The molecule has 0 amide bonds. The molecule has 4 rings (SSSR count). The van der Waals surface area contributed by atoms with Crippen LogP contribution in [0.15, 0.2) is 11.6 Å². The molecule has 2 nitrogen and oxygen atoms in total. The summed E-state index contributed by atoms with van der Waals surface area (Å²) in [4.78, 5) is 12.3. The first-order chi connectivity index (χ1) is 11.4. The summed E-state index contributed by atoms with van der Waals surface area (Å²) in [6.07, 6.45) is 12.8. The highest BCUT2D eigenvalue weighted by Gasteiger charge is 2.57. The summed E-state index contributed by atoms with van der Waals surface area (Å²) in [5, 5.41) is 10.1. The maximum Gasteiger partial charge on any atom is 0.133 e. The minimum absolute atomic E-state index is 0.214. The van der Waals surface area contributed by atoms with Gasteiger partial charge >= 0.3 is 0 Å². The molecule has 0 saturated heterocycles. The zero-order valence-electron chi connectivity index (χ0n) is 15.7. The van der Waals surface area contributed by atoms with Crippen molar-refractivity contribution in [2.24, 2.45) is 34.5 Å². The second-order valence-corrected chi connectivity index (χ2v) is 9.77. The standard InChI is InChI=1S/C22H34O2/c1-14(23)18-8-9-20-17-7-6-15-13-16(24)10-12-21(15,2)19(17)5-4-11-22(18,20)3/h13,16-20,24H,4-12H2,1-3H3. The van der Waals surface area contributed by atoms with E-state index in [9.17, 15) is 9.90 Å². The minimum Gasteiger partial charge on any atom is -0.389 e. The van der Waals surface area contributed by atoms with Crippen LogP contribution in [0.3, 0.4) is 0 Å². The number of fused-ring (bicyclic) bond motifs is 5. The highest BCUT2D eigenvalue weighted by molar-refractivity contribution is 5.79. The molecule has 24 heavy (non-hydrogen) atoms. The first kappa shape index (κ1) is 16.8. The monoisotopic (exact) mass is 330 g/mol. The molecule has 0 aromatic carbocycles. The van der Waals surface area contributed by atoms with E-state index in [4.69, 9.17) is 0 Å². The van der Waals surface area contributed by atoms with Gasteiger partial charge in [0.05, 0.1) is 6.10 Å². The number of aliphatic hydroxyl groups excluding tert-OH is 1. The van der Waals surface area contributed by atoms with Gasteiger partial charge in [-0.25, -0.2) is 0 Å². The van der Waals surface area contributed by atoms with Crippen LogP contribution in [0.1, 0.15) is 78.6 Å². The number of allylic oxidation sites excluding steroid dienone is 1. The van der Waals surface area contributed by atoms with Crippen LogP contribution < -0.4 is 0 Å². The van der Waals surface area contributed by atoms with Crippen LogP contribution in [-0.4, -0.2) is 17.0 Å². The molecular weight excluding hydrogens is 296 g/mol. The number of rotatable bonds is 1. The van der Waals surface area contributed by atoms with E-state index in [-0.39, 0.29) is 11.5 Å². The van der Waals surface area contributed by atoms with Crippen LogP contribution in [0.2, 0.25) is 0 Å². The third kappa shape index (κ3) is 2.28. The predicted octanol–water partition coefficient (Wildman–Crippen LogP) is 4.91. The summed E-state index contributed by atoms with van der Waals surface area (Å²) in [6, 6.07) is 0. The van der Waals surface area contributed by atoms with Crippen molar-refractivity contribution in [3.63, 3.8) is 0 Å². The zero-order chi connectivity index (χ0) is 17.1. The Kier molecular flexibility index (Phi) is 3.99. The van der Waals surface area contributed by atoms with Crippen LogP contribution in [0, 0.1) is 34.5 Å². The van der Waals surface area contributed by atoms with Crippen molar-refractivity contribution in [2.75, 3.05) is 0 Å². The molecule has 0 heterocycles. The molecule has 3 saturated carbocycles. The molecule has 0 spiro atoms. The Balaban J connectivity index is 1.69. The van der Waals surface area contributed by atoms with Gasteiger partial charge in [0, 0.05) is 5.92 Å². The van der Waals surface area contributed by atoms with Crippen LogP contribution in [0.4, 0.5) is 0 Å². The van der Waals surface area contributed by atoms with E-state index < -0.39 is 0 Å². The molecule has 0 aromatic heterocycles. The van der Waals surface area contributed by atoms with E-state index in [1.54, 1.807) is 5.57 Å². The highest BCUT2D eigenvalue weighted by Crippen LogP contribution is 2.65. The Morgan fingerprint density at radius 2 is 1.88 bits per heavy atom. The summed E-state index contributed by atoms with van der Waals surface area (Å²) in [7, 11) is 0. The molecule has 7 atom stereocenters. The van der Waals surface area contributed by atoms with Gasteiger partial charge in [0.15, 0.2) is 0 Å². The normalized spacial score (nSPS) is 51.0. The Bertz CT molecular complexity index is 564. The Morgan fingerprint density at radius 3 is 2.62 bits per heavy atom. The molecule has 1 N–H and O–H groups in total. The van der Waals surface area contributed by atoms with Gasteiger partial charge in [0.2, 0.25) is 0 Å². The van der Waals surface area contributed by atoms with E-state index in [2.05, 4.69) is 19.9 Å². The van der Waals surface area contributed by atoms with Crippen molar-refractivity contribution in [1.29, 1.82) is 0 Å². The first-order valence-electron chi connectivity index (χ1n) is 10.3. The number of Topliss-reactive ketones (excluding diaryl/α,β-unsaturated/α-hetero) is 1. The number of hydrogen-bond donors (Lipinski definition) is 1. The fourth-order valence-corrected chi connectivity index (χ4v) is 7.61. The fraction of sp³-hybridized carbons (Fsp3) is 0.864. The third-order valence-corrected chi connectivity index (χ3v) is 8.82. The van der Waals surface area contributed by atoms with Crippen molar-refractivity contribution < 1.29 is 9.90 Å². The van der Waals surface area contributed by atoms with E-state index in [1.807, 2.05) is 6.92 Å². The Hall–Kier alpha value is -0.630. The number of ketones is 1. The zero-order valence-corrected chi connectivity index (χ0v) is 15.7. The second-order valence-electron chi connectivity index (χ2n) is 9.77. The number of carbonyl (C=O) groups is 1. The lowest BCUT2D eigenvalue weighted by atomic mass is 9.52. The summed E-state index contributed by atoms with van der Waals surface area (Å²) in [5.74, 6) is 3.03. The highest BCUT2D eigenvalue weighted by atomic mass is 16.3. The molecule has 3 fully saturated rings. The smallest absolute Gasteiger partial charge is 0.133 e. The van der Waals surface area contributed by atoms with Gasteiger partial charge in [0.1, 0.15) is 5.78 Å². The molecular formula is C22H34O2. The lowest BCUT2D eigenvalue weighted by Crippen LogP contribution is -2.45. The Morgan fingerprint density at radius 1 is 1.08 bits per heavy atom. The van der Waals surface area contributed by atoms with Crippen LogP contribution in [0.5, 0.6) is 0 Å². The first-order valence-corrected chi connectivity index (χ1v) is 10.3. The Labute approximate surface area is 147 Å². The molecule has 4 aliphatic carbocycles. The lowest BCUT2D eigenvalue weighted by Gasteiger charge is -2.53. The SMILES string of the molecule is CC(=O)C1CCC2C3CCC4=CC(O)CCC4(C)C3CCCC12C. The van der Waals surface area contributed by atoms with E-state index in [0.717, 1.165) is 37.0 Å². The minimum atomic E-state index is -0.214. The summed E-state index contributed by atoms with van der Waals surface area (Å²) in [5.41, 5.74) is 2.10. The summed E-state index contributed by atoms with van der Waals surface area (Å²) < 4.78 is 0. The quantitative estimate of drug-likeness (QED) is 0.694. The van der Waals surface area contributed by atoms with E-state index in [0.29, 0.717) is 17.1 Å². The maximum absolute atomic E-state index is 12.3. The summed E-state index contributed by atoms with van der Waals surface area (Å²) in [6.45, 7) is 6.76. The van der Waals surface area contributed by atoms with Crippen molar-refractivity contribution in [3.05, 3.63) is 11.6 Å². The van der Waals surface area contributed by atoms with Crippen molar-refractivity contribution >= 4 is 5.78 Å². The number of hydrogen-bond acceptors (Lipinski definition) is 2. The molecule has 0 aliphatic heterocycles. The van der Waals surface area contributed by atoms with E-state index in [1.165, 1.54) is 38.5 Å². The van der Waals surface area contributed by atoms with Gasteiger partial charge < -0.3 is 5.11 Å². The predicted molar refractivity (Wildman–Crippen MR) is 96.5 cm³/mol. The molecule has 0 aromatic rings. The molecule has 7 unspecified atom stereocenters. The van der Waals surface area contributed by atoms with Crippen LogP contribution in [0.25, 0.3) is 0 Å². The van der Waals surface area contributed by atoms with E-state index >= 15 is 0 Å². The van der Waals surface area contributed by atoms with Crippen molar-refractivity contribution in [2.45, 2.75) is 84.7 Å². The average Bonchev–Trinajstić information content (AvgIpc) is 2.79. The topological polar surface area (TPSA) is 37.3 Å². The van der Waals surface area contributed by atoms with Gasteiger partial charge in [0.25, 0.3) is 0 Å². The van der Waals surface area contributed by atoms with Gasteiger partial charge in [-0.15, -0.1) is 0 Å². The van der Waals surface area contributed by atoms with Gasteiger partial charge in [-0.2, -0.15) is 0 Å². The van der Waals surface area contributed by atoms with Gasteiger partial charge in [-0.1, -0.05) is 31.9 Å². The van der Waals surface area contributed by atoms with Gasteiger partial charge in [-0.3, -0.25) is 4.79 Å². The third-order valence-electron chi connectivity index (χ3n) is 8.82. The largest absolute Gasteiger partial charge is 0.389 e. The number of aliphatic hydroxyl groups is 1. The molecule has 134 valence electrons. The van der Waals surface area contributed by atoms with Crippen molar-refractivity contribution in [3.8, 4) is 0 Å². The fourth-order valence-electron chi connectivity index (χ4n) is 7.61. The molecule has 4 aliphatic rings.